The molecule has 1 aromatic heterocycles. The lowest BCUT2D eigenvalue weighted by Crippen LogP contribution is -2.15. The highest BCUT2D eigenvalue weighted by Gasteiger charge is 2.27. The van der Waals surface area contributed by atoms with E-state index in [1.807, 2.05) is 0 Å². The molecule has 1 atom stereocenters. The molecule has 0 bridgehead atoms. The van der Waals surface area contributed by atoms with Crippen LogP contribution in [0.2, 0.25) is 0 Å². The summed E-state index contributed by atoms with van der Waals surface area (Å²) in [5.41, 5.74) is 1.08. The molecule has 0 radical (unpaired) electrons. The van der Waals surface area contributed by atoms with Crippen LogP contribution in [-0.2, 0) is 10.0 Å². The van der Waals surface area contributed by atoms with Gasteiger partial charge in [0, 0.05) is 10.9 Å². The number of terminal acetylenes is 1. The maximum Gasteiger partial charge on any atom is 0.268 e. The summed E-state index contributed by atoms with van der Waals surface area (Å²) in [6, 6.07) is 15.0. The second-order valence-corrected chi connectivity index (χ2v) is 6.96. The molecule has 1 unspecified atom stereocenters. The van der Waals surface area contributed by atoms with Gasteiger partial charge in [-0.1, -0.05) is 48.9 Å². The van der Waals surface area contributed by atoms with Crippen LogP contribution >= 0.6 is 0 Å². The molecule has 0 aliphatic heterocycles. The van der Waals surface area contributed by atoms with E-state index in [1.54, 1.807) is 42.5 Å². The largest absolute Gasteiger partial charge is 0.376 e. The maximum absolute atomic E-state index is 13.1. The molecule has 0 saturated carbocycles. The van der Waals surface area contributed by atoms with E-state index in [4.69, 9.17) is 6.42 Å². The number of hydrogen-bond donors (Lipinski definition) is 1. The highest BCUT2D eigenvalue weighted by molar-refractivity contribution is 7.90. The zero-order chi connectivity index (χ0) is 17.3. The molecule has 24 heavy (non-hydrogen) atoms. The van der Waals surface area contributed by atoms with Crippen molar-refractivity contribution in [3.05, 3.63) is 72.4 Å². The molecular formula is C19H15NO3S. The van der Waals surface area contributed by atoms with Crippen LogP contribution in [0.5, 0.6) is 0 Å². The maximum atomic E-state index is 13.1. The van der Waals surface area contributed by atoms with Gasteiger partial charge in [-0.3, -0.25) is 0 Å². The van der Waals surface area contributed by atoms with E-state index >= 15 is 0 Å². The van der Waals surface area contributed by atoms with Crippen LogP contribution in [0.25, 0.3) is 17.0 Å². The van der Waals surface area contributed by atoms with Gasteiger partial charge in [0.25, 0.3) is 10.0 Å². The molecule has 0 spiro atoms. The molecule has 1 N–H and O–H groups in total. The summed E-state index contributed by atoms with van der Waals surface area (Å²) in [6.07, 6.45) is 5.53. The summed E-state index contributed by atoms with van der Waals surface area (Å²) in [4.78, 5) is 0.149. The number of nitrogens with zero attached hydrogens (tertiary/aromatic N) is 1. The van der Waals surface area contributed by atoms with E-state index in [0.29, 0.717) is 16.5 Å². The van der Waals surface area contributed by atoms with Crippen LogP contribution in [0, 0.1) is 12.3 Å². The van der Waals surface area contributed by atoms with E-state index in [9.17, 15) is 13.5 Å². The van der Waals surface area contributed by atoms with Gasteiger partial charge in [0.2, 0.25) is 0 Å². The number of aliphatic hydroxyl groups excluding tert-OH is 1. The minimum atomic E-state index is -3.86. The molecule has 3 aromatic rings. The molecule has 2 aromatic carbocycles. The van der Waals surface area contributed by atoms with Crippen molar-refractivity contribution in [1.29, 1.82) is 0 Å². The van der Waals surface area contributed by atoms with Crippen LogP contribution in [0.15, 0.2) is 66.1 Å². The Bertz CT molecular complexity index is 1060. The van der Waals surface area contributed by atoms with Gasteiger partial charge in [-0.25, -0.2) is 12.4 Å². The van der Waals surface area contributed by atoms with Gasteiger partial charge in [-0.15, -0.1) is 6.42 Å². The topological polar surface area (TPSA) is 59.3 Å². The molecule has 3 rings (SSSR count). The van der Waals surface area contributed by atoms with E-state index in [2.05, 4.69) is 12.5 Å². The van der Waals surface area contributed by atoms with Crippen LogP contribution in [0.3, 0.4) is 0 Å². The number of rotatable bonds is 4. The lowest BCUT2D eigenvalue weighted by atomic mass is 10.1. The predicted molar refractivity (Wildman–Crippen MR) is 94.8 cm³/mol. The summed E-state index contributed by atoms with van der Waals surface area (Å²) in [6.45, 7) is 3.71. The Hall–Kier alpha value is -2.81. The van der Waals surface area contributed by atoms with Crippen LogP contribution in [0.1, 0.15) is 17.4 Å². The third-order valence-electron chi connectivity index (χ3n) is 3.81. The van der Waals surface area contributed by atoms with Crippen molar-refractivity contribution >= 4 is 27.0 Å². The van der Waals surface area contributed by atoms with Crippen molar-refractivity contribution in [2.24, 2.45) is 0 Å². The fourth-order valence-electron chi connectivity index (χ4n) is 2.78. The average molecular weight is 337 g/mol. The Balaban J connectivity index is 2.46. The lowest BCUT2D eigenvalue weighted by Gasteiger charge is -2.11. The van der Waals surface area contributed by atoms with Crippen molar-refractivity contribution in [3.63, 3.8) is 0 Å². The Morgan fingerprint density at radius 1 is 1.12 bits per heavy atom. The van der Waals surface area contributed by atoms with Crippen molar-refractivity contribution in [2.75, 3.05) is 0 Å². The highest BCUT2D eigenvalue weighted by Crippen LogP contribution is 2.34. The number of aromatic nitrogens is 1. The van der Waals surface area contributed by atoms with Crippen molar-refractivity contribution in [3.8, 4) is 12.3 Å². The molecule has 0 aliphatic rings. The molecule has 0 aliphatic carbocycles. The number of benzene rings is 2. The Morgan fingerprint density at radius 2 is 1.75 bits per heavy atom. The van der Waals surface area contributed by atoms with Gasteiger partial charge in [-0.05, 0) is 24.3 Å². The van der Waals surface area contributed by atoms with Crippen molar-refractivity contribution in [1.82, 2.24) is 3.97 Å². The van der Waals surface area contributed by atoms with Crippen LogP contribution in [0.4, 0.5) is 0 Å². The lowest BCUT2D eigenvalue weighted by molar-refractivity contribution is 0.240. The van der Waals surface area contributed by atoms with Crippen LogP contribution in [-0.4, -0.2) is 17.5 Å². The Kier molecular flexibility index (Phi) is 4.02. The zero-order valence-corrected chi connectivity index (χ0v) is 13.6. The van der Waals surface area contributed by atoms with Gasteiger partial charge in [0.1, 0.15) is 6.10 Å². The number of aliphatic hydroxyl groups is 1. The van der Waals surface area contributed by atoms with Crippen molar-refractivity contribution < 1.29 is 13.5 Å². The second kappa shape index (κ2) is 6.00. The highest BCUT2D eigenvalue weighted by atomic mass is 32.2. The first-order valence-electron chi connectivity index (χ1n) is 7.23. The number of fused-ring (bicyclic) bond motifs is 1. The molecule has 0 fully saturated rings. The molecule has 120 valence electrons. The third-order valence-corrected chi connectivity index (χ3v) is 5.56. The molecule has 0 amide bonds. The number of hydrogen-bond acceptors (Lipinski definition) is 3. The van der Waals surface area contributed by atoms with Gasteiger partial charge < -0.3 is 5.11 Å². The summed E-state index contributed by atoms with van der Waals surface area (Å²) >= 11 is 0. The summed E-state index contributed by atoms with van der Waals surface area (Å²) in [7, 11) is -3.86. The fraction of sp³-hybridized carbons (Fsp3) is 0.0526. The minimum Gasteiger partial charge on any atom is -0.376 e. The molecule has 4 nitrogen and oxygen atoms in total. The van der Waals surface area contributed by atoms with Gasteiger partial charge in [-0.2, -0.15) is 0 Å². The smallest absolute Gasteiger partial charge is 0.268 e. The standard InChI is InChI=1S/C19H15NO3S/c1-3-16-19(18(21)4-2)15-12-8-9-13-17(15)20(16)24(22,23)14-10-6-5-7-11-14/h2-3,5-13,18,21H,1H2. The van der Waals surface area contributed by atoms with Gasteiger partial charge >= 0.3 is 0 Å². The van der Waals surface area contributed by atoms with E-state index in [-0.39, 0.29) is 10.6 Å². The monoisotopic (exact) mass is 337 g/mol. The summed E-state index contributed by atoms with van der Waals surface area (Å²) in [5.74, 6) is 2.25. The SMILES string of the molecule is C#CC(O)c1c(C=C)n(S(=O)(=O)c2ccccc2)c2ccccc12. The van der Waals surface area contributed by atoms with Gasteiger partial charge in [0.15, 0.2) is 0 Å². The Labute approximate surface area is 140 Å². The predicted octanol–water partition coefficient (Wildman–Crippen LogP) is 3.19. The van der Waals surface area contributed by atoms with Crippen LogP contribution < -0.4 is 0 Å². The van der Waals surface area contributed by atoms with E-state index in [1.165, 1.54) is 22.2 Å². The first kappa shape index (κ1) is 16.1. The second-order valence-electron chi connectivity index (χ2n) is 5.17. The van der Waals surface area contributed by atoms with Crippen molar-refractivity contribution in [2.45, 2.75) is 11.0 Å². The molecular weight excluding hydrogens is 322 g/mol. The first-order chi connectivity index (χ1) is 11.5. The third kappa shape index (κ3) is 2.33. The van der Waals surface area contributed by atoms with E-state index < -0.39 is 16.1 Å². The molecule has 0 saturated heterocycles. The number of para-hydroxylation sites is 1. The molecule has 1 heterocycles. The zero-order valence-electron chi connectivity index (χ0n) is 12.8. The first-order valence-corrected chi connectivity index (χ1v) is 8.67. The average Bonchev–Trinajstić information content (AvgIpc) is 2.96. The quantitative estimate of drug-likeness (QED) is 0.744. The fourth-order valence-corrected chi connectivity index (χ4v) is 4.34. The van der Waals surface area contributed by atoms with E-state index in [0.717, 1.165) is 0 Å². The summed E-state index contributed by atoms with van der Waals surface area (Å²) in [5, 5.41) is 10.8. The Morgan fingerprint density at radius 3 is 2.38 bits per heavy atom. The summed E-state index contributed by atoms with van der Waals surface area (Å²) < 4.78 is 27.4. The van der Waals surface area contributed by atoms with Gasteiger partial charge in [0.05, 0.1) is 16.1 Å². The minimum absolute atomic E-state index is 0.149. The normalized spacial score (nSPS) is 12.7. The molecule has 5 heteroatoms.